The van der Waals surface area contributed by atoms with E-state index in [0.29, 0.717) is 49.1 Å². The van der Waals surface area contributed by atoms with Crippen LogP contribution in [0.4, 0.5) is 0 Å². The number of fused-ring (bicyclic) bond motifs is 1. The van der Waals surface area contributed by atoms with E-state index in [1.54, 1.807) is 6.92 Å². The van der Waals surface area contributed by atoms with E-state index >= 15 is 0 Å². The van der Waals surface area contributed by atoms with Crippen LogP contribution in [0.2, 0.25) is 0 Å². The van der Waals surface area contributed by atoms with Gasteiger partial charge in [0, 0.05) is 31.4 Å². The van der Waals surface area contributed by atoms with Gasteiger partial charge in [-0.3, -0.25) is 14.4 Å². The zero-order chi connectivity index (χ0) is 15.4. The zero-order valence-corrected chi connectivity index (χ0v) is 12.0. The molecule has 6 nitrogen and oxygen atoms in total. The number of carboxylic acids is 1. The number of nitrogens with one attached hydrogen (secondary N) is 1. The fraction of sp³-hybridized carbons (Fsp3) is 0.533. The summed E-state index contributed by atoms with van der Waals surface area (Å²) in [6.07, 6.45) is 3.16. The van der Waals surface area contributed by atoms with Gasteiger partial charge in [0.25, 0.3) is 5.91 Å². The molecule has 114 valence electrons. The minimum atomic E-state index is -0.839. The Labute approximate surface area is 122 Å². The summed E-state index contributed by atoms with van der Waals surface area (Å²) in [4.78, 5) is 34.3. The van der Waals surface area contributed by atoms with Crippen LogP contribution in [0, 0.1) is 6.92 Å². The molecule has 0 spiro atoms. The average Bonchev–Trinajstić information content (AvgIpc) is 2.76. The molecule has 1 aliphatic carbocycles. The second-order valence-electron chi connectivity index (χ2n) is 5.24. The van der Waals surface area contributed by atoms with Gasteiger partial charge < -0.3 is 14.8 Å². The maximum atomic E-state index is 12.1. The number of ketones is 1. The summed E-state index contributed by atoms with van der Waals surface area (Å²) in [6, 6.07) is 0. The average molecular weight is 293 g/mol. The van der Waals surface area contributed by atoms with Gasteiger partial charge in [0.1, 0.15) is 5.76 Å². The number of aliphatic carboxylic acids is 1. The monoisotopic (exact) mass is 293 g/mol. The molecular formula is C15H19NO5. The van der Waals surface area contributed by atoms with Gasteiger partial charge in [-0.25, -0.2) is 0 Å². The van der Waals surface area contributed by atoms with Gasteiger partial charge >= 0.3 is 5.97 Å². The van der Waals surface area contributed by atoms with Crippen LogP contribution in [-0.2, 0) is 11.2 Å². The number of Topliss-reactive ketones (excluding diaryl/α,β-unsaturated/α-hetero) is 1. The number of amides is 1. The molecule has 21 heavy (non-hydrogen) atoms. The summed E-state index contributed by atoms with van der Waals surface area (Å²) < 4.78 is 5.54. The van der Waals surface area contributed by atoms with Crippen LogP contribution in [0.3, 0.4) is 0 Å². The highest BCUT2D eigenvalue weighted by atomic mass is 16.4. The SMILES string of the molecule is Cc1c(C(=O)NCCCCC(=O)O)oc2c1C(=O)CCC2. The number of carbonyl (C=O) groups excluding carboxylic acids is 2. The molecule has 1 aromatic rings. The third kappa shape index (κ3) is 3.51. The Hall–Kier alpha value is -2.11. The first-order valence-corrected chi connectivity index (χ1v) is 7.16. The zero-order valence-electron chi connectivity index (χ0n) is 12.0. The minimum absolute atomic E-state index is 0.0398. The normalized spacial score (nSPS) is 13.9. The van der Waals surface area contributed by atoms with Crippen LogP contribution in [0.5, 0.6) is 0 Å². The highest BCUT2D eigenvalue weighted by Crippen LogP contribution is 2.29. The van der Waals surface area contributed by atoms with Crippen molar-refractivity contribution in [3.8, 4) is 0 Å². The van der Waals surface area contributed by atoms with Crippen molar-refractivity contribution >= 4 is 17.7 Å². The largest absolute Gasteiger partial charge is 0.481 e. The third-order valence-corrected chi connectivity index (χ3v) is 3.62. The molecular weight excluding hydrogens is 274 g/mol. The lowest BCUT2D eigenvalue weighted by Gasteiger charge is -2.07. The molecule has 0 unspecified atom stereocenters. The lowest BCUT2D eigenvalue weighted by Crippen LogP contribution is -2.24. The van der Waals surface area contributed by atoms with Crippen molar-refractivity contribution in [3.05, 3.63) is 22.6 Å². The lowest BCUT2D eigenvalue weighted by atomic mass is 9.94. The molecule has 0 saturated heterocycles. The quantitative estimate of drug-likeness (QED) is 0.783. The van der Waals surface area contributed by atoms with Crippen LogP contribution >= 0.6 is 0 Å². The summed E-state index contributed by atoms with van der Waals surface area (Å²) in [6.45, 7) is 2.12. The van der Waals surface area contributed by atoms with Crippen molar-refractivity contribution in [3.63, 3.8) is 0 Å². The Kier molecular flexibility index (Phi) is 4.77. The van der Waals surface area contributed by atoms with Gasteiger partial charge in [-0.15, -0.1) is 0 Å². The van der Waals surface area contributed by atoms with E-state index in [9.17, 15) is 14.4 Å². The maximum absolute atomic E-state index is 12.1. The first kappa shape index (κ1) is 15.3. The molecule has 0 bridgehead atoms. The number of rotatable bonds is 6. The summed E-state index contributed by atoms with van der Waals surface area (Å²) in [5, 5.41) is 11.2. The van der Waals surface area contributed by atoms with Crippen molar-refractivity contribution < 1.29 is 23.9 Å². The molecule has 0 aliphatic heterocycles. The van der Waals surface area contributed by atoms with E-state index in [1.165, 1.54) is 0 Å². The summed E-state index contributed by atoms with van der Waals surface area (Å²) in [5.74, 6) is -0.328. The van der Waals surface area contributed by atoms with E-state index in [1.807, 2.05) is 0 Å². The molecule has 0 aromatic carbocycles. The Morgan fingerprint density at radius 1 is 1.29 bits per heavy atom. The maximum Gasteiger partial charge on any atom is 0.303 e. The Morgan fingerprint density at radius 3 is 2.71 bits per heavy atom. The fourth-order valence-electron chi connectivity index (χ4n) is 2.55. The van der Waals surface area contributed by atoms with E-state index in [0.717, 1.165) is 6.42 Å². The second-order valence-corrected chi connectivity index (χ2v) is 5.24. The van der Waals surface area contributed by atoms with Gasteiger partial charge in [-0.2, -0.15) is 0 Å². The van der Waals surface area contributed by atoms with Gasteiger partial charge in [0.05, 0.1) is 5.56 Å². The van der Waals surface area contributed by atoms with Crippen molar-refractivity contribution in [1.82, 2.24) is 5.32 Å². The van der Waals surface area contributed by atoms with Crippen molar-refractivity contribution in [2.24, 2.45) is 0 Å². The smallest absolute Gasteiger partial charge is 0.303 e. The van der Waals surface area contributed by atoms with Crippen LogP contribution < -0.4 is 5.32 Å². The summed E-state index contributed by atoms with van der Waals surface area (Å²) in [7, 11) is 0. The molecule has 1 heterocycles. The molecule has 2 rings (SSSR count). The predicted molar refractivity (Wildman–Crippen MR) is 74.5 cm³/mol. The molecule has 0 saturated carbocycles. The van der Waals surface area contributed by atoms with Gasteiger partial charge in [0.15, 0.2) is 11.5 Å². The predicted octanol–water partition coefficient (Wildman–Crippen LogP) is 2.09. The van der Waals surface area contributed by atoms with E-state index in [-0.39, 0.29) is 23.9 Å². The van der Waals surface area contributed by atoms with Gasteiger partial charge in [-0.05, 0) is 26.2 Å². The van der Waals surface area contributed by atoms with Gasteiger partial charge in [0.2, 0.25) is 0 Å². The highest BCUT2D eigenvalue weighted by molar-refractivity contribution is 6.03. The Morgan fingerprint density at radius 2 is 2.05 bits per heavy atom. The molecule has 0 radical (unpaired) electrons. The van der Waals surface area contributed by atoms with Crippen molar-refractivity contribution in [2.75, 3.05) is 6.54 Å². The molecule has 0 atom stereocenters. The van der Waals surface area contributed by atoms with Crippen LogP contribution in [0.25, 0.3) is 0 Å². The third-order valence-electron chi connectivity index (χ3n) is 3.62. The first-order chi connectivity index (χ1) is 10.0. The molecule has 1 aliphatic rings. The standard InChI is InChI=1S/C15H19NO5/c1-9-13-10(17)5-4-6-11(13)21-14(9)15(20)16-8-3-2-7-12(18)19/h2-8H2,1H3,(H,16,20)(H,18,19). The van der Waals surface area contributed by atoms with Crippen LogP contribution in [0.15, 0.2) is 4.42 Å². The van der Waals surface area contributed by atoms with E-state index in [2.05, 4.69) is 5.32 Å². The number of furan rings is 1. The number of carbonyl (C=O) groups is 3. The van der Waals surface area contributed by atoms with Crippen LogP contribution in [-0.4, -0.2) is 29.3 Å². The second kappa shape index (κ2) is 6.56. The molecule has 6 heteroatoms. The van der Waals surface area contributed by atoms with E-state index in [4.69, 9.17) is 9.52 Å². The number of aryl methyl sites for hydroxylation is 1. The highest BCUT2D eigenvalue weighted by Gasteiger charge is 2.28. The topological polar surface area (TPSA) is 96.6 Å². The number of hydrogen-bond donors (Lipinski definition) is 2. The van der Waals surface area contributed by atoms with Crippen LogP contribution in [0.1, 0.15) is 64.3 Å². The first-order valence-electron chi connectivity index (χ1n) is 7.16. The van der Waals surface area contributed by atoms with E-state index < -0.39 is 5.97 Å². The van der Waals surface area contributed by atoms with Gasteiger partial charge in [-0.1, -0.05) is 0 Å². The fourth-order valence-corrected chi connectivity index (χ4v) is 2.55. The molecule has 1 aromatic heterocycles. The molecule has 0 fully saturated rings. The Bertz CT molecular complexity index is 573. The number of hydrogen-bond acceptors (Lipinski definition) is 4. The van der Waals surface area contributed by atoms with Crippen molar-refractivity contribution in [1.29, 1.82) is 0 Å². The molecule has 1 amide bonds. The summed E-state index contributed by atoms with van der Waals surface area (Å²) >= 11 is 0. The number of unbranched alkanes of at least 4 members (excludes halogenated alkanes) is 1. The summed E-state index contributed by atoms with van der Waals surface area (Å²) in [5.41, 5.74) is 1.18. The minimum Gasteiger partial charge on any atom is -0.481 e. The Balaban J connectivity index is 1.94. The molecule has 2 N–H and O–H groups in total. The van der Waals surface area contributed by atoms with Crippen molar-refractivity contribution in [2.45, 2.75) is 45.4 Å². The lowest BCUT2D eigenvalue weighted by molar-refractivity contribution is -0.137. The number of carboxylic acid groups (broad SMARTS) is 1.